The summed E-state index contributed by atoms with van der Waals surface area (Å²) >= 11 is 0. The Kier molecular flexibility index (Phi) is 7.03. The Bertz CT molecular complexity index is 1070. The first kappa shape index (κ1) is 22.6. The summed E-state index contributed by atoms with van der Waals surface area (Å²) in [7, 11) is -3.70. The Morgan fingerprint density at radius 2 is 1.50 bits per heavy atom. The van der Waals surface area contributed by atoms with Crippen molar-refractivity contribution < 1.29 is 18.3 Å². The highest BCUT2D eigenvalue weighted by Gasteiger charge is 2.35. The standard InChI is InChI=1S/C25H28N2O4S/c26-32(29,30)21-13-11-18(12-14-21)16-27-22-17-31-24(15-23(22)28)25(19-7-3-1-4-8-19)20-9-5-2-6-10-20/h1-14,22-25,27-28H,15-17H2,(H2,26,29,30)/t22-,23-,24+/m1/s1. The second-order valence-electron chi connectivity index (χ2n) is 8.15. The van der Waals surface area contributed by atoms with Crippen LogP contribution in [0.25, 0.3) is 0 Å². The molecular weight excluding hydrogens is 424 g/mol. The summed E-state index contributed by atoms with van der Waals surface area (Å²) in [5.41, 5.74) is 3.23. The van der Waals surface area contributed by atoms with E-state index in [1.807, 2.05) is 36.4 Å². The van der Waals surface area contributed by atoms with Crippen LogP contribution in [0.3, 0.4) is 0 Å². The number of rotatable bonds is 7. The normalized spacial score (nSPS) is 21.5. The summed E-state index contributed by atoms with van der Waals surface area (Å²) in [6.45, 7) is 0.874. The topological polar surface area (TPSA) is 102 Å². The van der Waals surface area contributed by atoms with Gasteiger partial charge in [0.15, 0.2) is 0 Å². The predicted molar refractivity (Wildman–Crippen MR) is 124 cm³/mol. The lowest BCUT2D eigenvalue weighted by Gasteiger charge is -2.38. The number of aliphatic hydroxyl groups excluding tert-OH is 1. The first-order valence-electron chi connectivity index (χ1n) is 10.7. The lowest BCUT2D eigenvalue weighted by molar-refractivity contribution is -0.0718. The van der Waals surface area contributed by atoms with E-state index in [-0.39, 0.29) is 23.0 Å². The smallest absolute Gasteiger partial charge is 0.238 e. The van der Waals surface area contributed by atoms with E-state index in [1.165, 1.54) is 12.1 Å². The van der Waals surface area contributed by atoms with Crippen LogP contribution in [0.2, 0.25) is 0 Å². The highest BCUT2D eigenvalue weighted by Crippen LogP contribution is 2.34. The summed E-state index contributed by atoms with van der Waals surface area (Å²) in [6, 6.07) is 26.7. The molecule has 168 valence electrons. The van der Waals surface area contributed by atoms with E-state index in [9.17, 15) is 13.5 Å². The molecule has 0 radical (unpaired) electrons. The van der Waals surface area contributed by atoms with Crippen molar-refractivity contribution in [3.63, 3.8) is 0 Å². The van der Waals surface area contributed by atoms with Crippen LogP contribution < -0.4 is 10.5 Å². The van der Waals surface area contributed by atoms with Gasteiger partial charge >= 0.3 is 0 Å². The highest BCUT2D eigenvalue weighted by molar-refractivity contribution is 7.89. The van der Waals surface area contributed by atoms with Gasteiger partial charge in [0.2, 0.25) is 10.0 Å². The van der Waals surface area contributed by atoms with Crippen LogP contribution in [0.1, 0.15) is 29.0 Å². The van der Waals surface area contributed by atoms with Crippen molar-refractivity contribution in [1.29, 1.82) is 0 Å². The van der Waals surface area contributed by atoms with Gasteiger partial charge in [0, 0.05) is 18.9 Å². The molecule has 3 aromatic carbocycles. The van der Waals surface area contributed by atoms with Gasteiger partial charge in [-0.25, -0.2) is 13.6 Å². The van der Waals surface area contributed by atoms with Crippen LogP contribution in [-0.4, -0.2) is 38.4 Å². The molecule has 1 fully saturated rings. The number of primary sulfonamides is 1. The van der Waals surface area contributed by atoms with E-state index in [2.05, 4.69) is 29.6 Å². The molecular formula is C25H28N2O4S. The third kappa shape index (κ3) is 5.43. The summed E-state index contributed by atoms with van der Waals surface area (Å²) in [5.74, 6) is 0.0405. The average molecular weight is 453 g/mol. The van der Waals surface area contributed by atoms with E-state index in [1.54, 1.807) is 12.1 Å². The maximum absolute atomic E-state index is 11.4. The van der Waals surface area contributed by atoms with Gasteiger partial charge in [-0.15, -0.1) is 0 Å². The molecule has 0 unspecified atom stereocenters. The van der Waals surface area contributed by atoms with Crippen molar-refractivity contribution in [2.24, 2.45) is 5.14 Å². The minimum Gasteiger partial charge on any atom is -0.391 e. The molecule has 1 aliphatic heterocycles. The summed E-state index contributed by atoms with van der Waals surface area (Å²) in [4.78, 5) is 0.0815. The first-order chi connectivity index (χ1) is 15.4. The van der Waals surface area contributed by atoms with Crippen LogP contribution in [0, 0.1) is 0 Å². The quantitative estimate of drug-likeness (QED) is 0.512. The van der Waals surface area contributed by atoms with Crippen molar-refractivity contribution in [3.05, 3.63) is 102 Å². The van der Waals surface area contributed by atoms with E-state index in [0.29, 0.717) is 19.6 Å². The van der Waals surface area contributed by atoms with Crippen LogP contribution in [0.5, 0.6) is 0 Å². The molecule has 1 aliphatic rings. The molecule has 0 saturated carbocycles. The molecule has 3 aromatic rings. The summed E-state index contributed by atoms with van der Waals surface area (Å²) < 4.78 is 29.1. The van der Waals surface area contributed by atoms with Gasteiger partial charge in [-0.2, -0.15) is 0 Å². The van der Waals surface area contributed by atoms with E-state index in [4.69, 9.17) is 9.88 Å². The molecule has 7 heteroatoms. The summed E-state index contributed by atoms with van der Waals surface area (Å²) in [5, 5.41) is 19.3. The second-order valence-corrected chi connectivity index (χ2v) is 9.71. The Balaban J connectivity index is 1.41. The van der Waals surface area contributed by atoms with E-state index in [0.717, 1.165) is 16.7 Å². The molecule has 0 bridgehead atoms. The largest absolute Gasteiger partial charge is 0.391 e. The number of hydrogen-bond donors (Lipinski definition) is 3. The van der Waals surface area contributed by atoms with Gasteiger partial charge in [-0.05, 0) is 28.8 Å². The number of hydrogen-bond acceptors (Lipinski definition) is 5. The fraction of sp³-hybridized carbons (Fsp3) is 0.280. The highest BCUT2D eigenvalue weighted by atomic mass is 32.2. The van der Waals surface area contributed by atoms with Crippen LogP contribution in [0.4, 0.5) is 0 Å². The Morgan fingerprint density at radius 1 is 0.938 bits per heavy atom. The maximum Gasteiger partial charge on any atom is 0.238 e. The zero-order valence-corrected chi connectivity index (χ0v) is 18.5. The molecule has 1 saturated heterocycles. The van der Waals surface area contributed by atoms with Crippen molar-refractivity contribution in [2.75, 3.05) is 6.61 Å². The van der Waals surface area contributed by atoms with Crippen molar-refractivity contribution in [2.45, 2.75) is 42.0 Å². The fourth-order valence-corrected chi connectivity index (χ4v) is 4.74. The average Bonchev–Trinajstić information content (AvgIpc) is 2.80. The summed E-state index contributed by atoms with van der Waals surface area (Å²) in [6.07, 6.45) is -0.189. The first-order valence-corrected chi connectivity index (χ1v) is 12.2. The minimum atomic E-state index is -3.70. The lowest BCUT2D eigenvalue weighted by atomic mass is 9.82. The number of sulfonamides is 1. The molecule has 4 N–H and O–H groups in total. The van der Waals surface area contributed by atoms with Crippen molar-refractivity contribution >= 4 is 10.0 Å². The molecule has 0 spiro atoms. The van der Waals surface area contributed by atoms with Gasteiger partial charge in [-0.1, -0.05) is 72.8 Å². The van der Waals surface area contributed by atoms with Gasteiger partial charge in [-0.3, -0.25) is 0 Å². The van der Waals surface area contributed by atoms with Crippen LogP contribution in [-0.2, 0) is 21.3 Å². The number of aliphatic hydroxyl groups is 1. The van der Waals surface area contributed by atoms with E-state index < -0.39 is 16.1 Å². The molecule has 1 heterocycles. The van der Waals surface area contributed by atoms with Crippen molar-refractivity contribution in [1.82, 2.24) is 5.32 Å². The molecule has 4 rings (SSSR count). The monoisotopic (exact) mass is 452 g/mol. The number of nitrogens with two attached hydrogens (primary N) is 1. The third-order valence-corrected chi connectivity index (χ3v) is 6.87. The van der Waals surface area contributed by atoms with Gasteiger partial charge in [0.1, 0.15) is 0 Å². The van der Waals surface area contributed by atoms with Crippen LogP contribution in [0.15, 0.2) is 89.8 Å². The second kappa shape index (κ2) is 9.94. The fourth-order valence-electron chi connectivity index (χ4n) is 4.22. The van der Waals surface area contributed by atoms with E-state index >= 15 is 0 Å². The molecule has 32 heavy (non-hydrogen) atoms. The van der Waals surface area contributed by atoms with Gasteiger partial charge < -0.3 is 15.2 Å². The molecule has 3 atom stereocenters. The van der Waals surface area contributed by atoms with Gasteiger partial charge in [0.25, 0.3) is 0 Å². The lowest BCUT2D eigenvalue weighted by Crippen LogP contribution is -2.50. The Morgan fingerprint density at radius 3 is 2.00 bits per heavy atom. The molecule has 0 aromatic heterocycles. The Hall–Kier alpha value is -2.55. The predicted octanol–water partition coefficient (Wildman–Crippen LogP) is 2.77. The number of nitrogens with one attached hydrogen (secondary N) is 1. The van der Waals surface area contributed by atoms with Crippen LogP contribution >= 0.6 is 0 Å². The van der Waals surface area contributed by atoms with Crippen molar-refractivity contribution in [3.8, 4) is 0 Å². The minimum absolute atomic E-state index is 0.0405. The molecule has 6 nitrogen and oxygen atoms in total. The molecule has 0 amide bonds. The zero-order valence-electron chi connectivity index (χ0n) is 17.7. The zero-order chi connectivity index (χ0) is 22.6. The number of benzene rings is 3. The third-order valence-electron chi connectivity index (χ3n) is 5.94. The van der Waals surface area contributed by atoms with Gasteiger partial charge in [0.05, 0.1) is 29.8 Å². The maximum atomic E-state index is 11.4. The Labute approximate surface area is 189 Å². The SMILES string of the molecule is NS(=O)(=O)c1ccc(CN[C@@H]2CO[C@H](C(c3ccccc3)c3ccccc3)C[C@H]2O)cc1. The number of ether oxygens (including phenoxy) is 1. The molecule has 0 aliphatic carbocycles.